The van der Waals surface area contributed by atoms with Gasteiger partial charge < -0.3 is 10.1 Å². The monoisotopic (exact) mass is 401 g/mol. The highest BCUT2D eigenvalue weighted by atomic mass is 35.5. The number of carbonyl (C=O) groups is 1. The van der Waals surface area contributed by atoms with E-state index >= 15 is 0 Å². The molecule has 0 bridgehead atoms. The van der Waals surface area contributed by atoms with Gasteiger partial charge in [-0.2, -0.15) is 0 Å². The van der Waals surface area contributed by atoms with Gasteiger partial charge >= 0.3 is 0 Å². The minimum absolute atomic E-state index is 0.00468. The van der Waals surface area contributed by atoms with Gasteiger partial charge in [-0.05, 0) is 36.8 Å². The maximum Gasteiger partial charge on any atom is 0.252 e. The normalized spacial score (nSPS) is 11.7. The summed E-state index contributed by atoms with van der Waals surface area (Å²) in [6, 6.07) is 17.5. The van der Waals surface area contributed by atoms with Gasteiger partial charge in [0.1, 0.15) is 12.4 Å². The third-order valence-electron chi connectivity index (χ3n) is 4.25. The molecule has 0 radical (unpaired) electrons. The maximum atomic E-state index is 13.3. The number of rotatable bonds is 6. The zero-order chi connectivity index (χ0) is 20.1. The first kappa shape index (κ1) is 19.8. The number of amides is 1. The summed E-state index contributed by atoms with van der Waals surface area (Å²) in [6.07, 6.45) is 0. The third-order valence-corrected chi connectivity index (χ3v) is 4.48. The highest BCUT2D eigenvalue weighted by Crippen LogP contribution is 2.21. The van der Waals surface area contributed by atoms with E-state index in [-0.39, 0.29) is 24.3 Å². The van der Waals surface area contributed by atoms with Gasteiger partial charge in [-0.1, -0.05) is 48.0 Å². The fourth-order valence-corrected chi connectivity index (χ4v) is 2.89. The second-order valence-corrected chi connectivity index (χ2v) is 6.71. The molecule has 0 aliphatic carbocycles. The predicted octanol–water partition coefficient (Wildman–Crippen LogP) is 5.69. The van der Waals surface area contributed by atoms with Crippen molar-refractivity contribution in [2.75, 3.05) is 0 Å². The van der Waals surface area contributed by atoms with E-state index in [0.29, 0.717) is 16.1 Å². The Balaban J connectivity index is 1.76. The number of hydrogen-bond donors (Lipinski definition) is 1. The average molecular weight is 402 g/mol. The molecule has 3 aromatic carbocycles. The fourth-order valence-electron chi connectivity index (χ4n) is 2.71. The molecular formula is C22H18ClF2NO2. The molecule has 0 aliphatic heterocycles. The van der Waals surface area contributed by atoms with Crippen LogP contribution in [-0.4, -0.2) is 5.91 Å². The van der Waals surface area contributed by atoms with E-state index in [1.807, 2.05) is 37.3 Å². The quantitative estimate of drug-likeness (QED) is 0.576. The second-order valence-electron chi connectivity index (χ2n) is 6.27. The van der Waals surface area contributed by atoms with Gasteiger partial charge in [-0.25, -0.2) is 8.78 Å². The summed E-state index contributed by atoms with van der Waals surface area (Å²) < 4.78 is 31.9. The molecule has 0 saturated carbocycles. The number of benzene rings is 3. The lowest BCUT2D eigenvalue weighted by atomic mass is 10.1. The lowest BCUT2D eigenvalue weighted by Crippen LogP contribution is -2.27. The molecule has 0 fully saturated rings. The van der Waals surface area contributed by atoms with Gasteiger partial charge in [0.25, 0.3) is 5.91 Å². The molecule has 0 spiro atoms. The zero-order valence-electron chi connectivity index (χ0n) is 15.1. The van der Waals surface area contributed by atoms with Gasteiger partial charge in [0, 0.05) is 22.2 Å². The van der Waals surface area contributed by atoms with E-state index < -0.39 is 11.6 Å². The average Bonchev–Trinajstić information content (AvgIpc) is 2.70. The molecular weight excluding hydrogens is 384 g/mol. The van der Waals surface area contributed by atoms with Crippen LogP contribution in [0.5, 0.6) is 5.75 Å². The third kappa shape index (κ3) is 4.87. The molecule has 144 valence electrons. The van der Waals surface area contributed by atoms with Crippen molar-refractivity contribution in [3.05, 3.63) is 100 Å². The van der Waals surface area contributed by atoms with E-state index in [0.717, 1.165) is 17.7 Å². The van der Waals surface area contributed by atoms with Crippen molar-refractivity contribution in [1.29, 1.82) is 0 Å². The van der Waals surface area contributed by atoms with Crippen LogP contribution in [-0.2, 0) is 6.61 Å². The van der Waals surface area contributed by atoms with Crippen LogP contribution in [0.15, 0.2) is 66.7 Å². The van der Waals surface area contributed by atoms with E-state index in [1.165, 1.54) is 6.07 Å². The van der Waals surface area contributed by atoms with Crippen LogP contribution in [0.25, 0.3) is 0 Å². The fraction of sp³-hybridized carbons (Fsp3) is 0.136. The summed E-state index contributed by atoms with van der Waals surface area (Å²) in [5.74, 6) is -2.09. The predicted molar refractivity (Wildman–Crippen MR) is 104 cm³/mol. The van der Waals surface area contributed by atoms with E-state index in [9.17, 15) is 13.6 Å². The molecule has 1 amide bonds. The molecule has 1 N–H and O–H groups in total. The van der Waals surface area contributed by atoms with Gasteiger partial charge in [0.2, 0.25) is 0 Å². The minimum atomic E-state index is -0.997. The number of halogens is 3. The Morgan fingerprint density at radius 3 is 2.50 bits per heavy atom. The molecule has 0 unspecified atom stereocenters. The summed E-state index contributed by atoms with van der Waals surface area (Å²) in [5, 5.41) is 3.34. The Morgan fingerprint density at radius 2 is 1.79 bits per heavy atom. The first-order valence-electron chi connectivity index (χ1n) is 8.66. The Kier molecular flexibility index (Phi) is 6.26. The summed E-state index contributed by atoms with van der Waals surface area (Å²) in [4.78, 5) is 12.8. The van der Waals surface area contributed by atoms with Crippen molar-refractivity contribution < 1.29 is 18.3 Å². The number of hydrogen-bond acceptors (Lipinski definition) is 2. The molecule has 0 heterocycles. The lowest BCUT2D eigenvalue weighted by molar-refractivity contribution is 0.0937. The Hall–Kier alpha value is -2.92. The largest absolute Gasteiger partial charge is 0.489 e. The van der Waals surface area contributed by atoms with Crippen molar-refractivity contribution in [2.45, 2.75) is 19.6 Å². The number of nitrogens with one attached hydrogen (secondary N) is 1. The summed E-state index contributed by atoms with van der Waals surface area (Å²) >= 11 is 6.06. The van der Waals surface area contributed by atoms with Crippen LogP contribution >= 0.6 is 11.6 Å². The molecule has 1 atom stereocenters. The van der Waals surface area contributed by atoms with Crippen molar-refractivity contribution >= 4 is 17.5 Å². The minimum Gasteiger partial charge on any atom is -0.489 e. The lowest BCUT2D eigenvalue weighted by Gasteiger charge is -2.17. The van der Waals surface area contributed by atoms with Gasteiger partial charge in [0.15, 0.2) is 11.6 Å². The van der Waals surface area contributed by atoms with Gasteiger partial charge in [-0.15, -0.1) is 0 Å². The topological polar surface area (TPSA) is 38.3 Å². The van der Waals surface area contributed by atoms with Crippen molar-refractivity contribution in [1.82, 2.24) is 5.32 Å². The molecule has 28 heavy (non-hydrogen) atoms. The molecule has 0 aliphatic rings. The van der Waals surface area contributed by atoms with E-state index in [2.05, 4.69) is 5.32 Å². The molecule has 3 rings (SSSR count). The summed E-state index contributed by atoms with van der Waals surface area (Å²) in [6.45, 7) is 1.89. The molecule has 0 saturated heterocycles. The van der Waals surface area contributed by atoms with Crippen LogP contribution in [0, 0.1) is 11.6 Å². The first-order chi connectivity index (χ1) is 13.4. The van der Waals surface area contributed by atoms with Crippen LogP contribution < -0.4 is 10.1 Å². The molecule has 0 aromatic heterocycles. The highest BCUT2D eigenvalue weighted by molar-refractivity contribution is 6.31. The second kappa shape index (κ2) is 8.85. The van der Waals surface area contributed by atoms with E-state index in [4.69, 9.17) is 16.3 Å². The van der Waals surface area contributed by atoms with Gasteiger partial charge in [-0.3, -0.25) is 4.79 Å². The van der Waals surface area contributed by atoms with Crippen LogP contribution in [0.4, 0.5) is 8.78 Å². The Labute approximate surface area is 166 Å². The molecule has 3 aromatic rings. The standard InChI is InChI=1S/C22H18ClF2NO2/c1-14(15-5-3-2-4-6-15)26-22(27)19-11-17(23)8-7-16(19)13-28-18-9-10-20(24)21(25)12-18/h2-12,14H,13H2,1H3,(H,26,27)/t14-/m0/s1. The van der Waals surface area contributed by atoms with E-state index in [1.54, 1.807) is 18.2 Å². The Morgan fingerprint density at radius 1 is 1.04 bits per heavy atom. The summed E-state index contributed by atoms with van der Waals surface area (Å²) in [7, 11) is 0. The summed E-state index contributed by atoms with van der Waals surface area (Å²) in [5.41, 5.74) is 1.90. The molecule has 6 heteroatoms. The number of carbonyl (C=O) groups excluding carboxylic acids is 1. The van der Waals surface area contributed by atoms with Crippen molar-refractivity contribution in [2.24, 2.45) is 0 Å². The van der Waals surface area contributed by atoms with Crippen LogP contribution in [0.3, 0.4) is 0 Å². The first-order valence-corrected chi connectivity index (χ1v) is 9.04. The Bertz CT molecular complexity index is 980. The van der Waals surface area contributed by atoms with Gasteiger partial charge in [0.05, 0.1) is 6.04 Å². The smallest absolute Gasteiger partial charge is 0.252 e. The number of ether oxygens (including phenoxy) is 1. The maximum absolute atomic E-state index is 13.3. The van der Waals surface area contributed by atoms with Crippen LogP contribution in [0.1, 0.15) is 34.5 Å². The van der Waals surface area contributed by atoms with Crippen LogP contribution in [0.2, 0.25) is 5.02 Å². The van der Waals surface area contributed by atoms with Crippen molar-refractivity contribution in [3.8, 4) is 5.75 Å². The SMILES string of the molecule is C[C@H](NC(=O)c1cc(Cl)ccc1COc1ccc(F)c(F)c1)c1ccccc1. The van der Waals surface area contributed by atoms with Crippen molar-refractivity contribution in [3.63, 3.8) is 0 Å². The zero-order valence-corrected chi connectivity index (χ0v) is 15.8. The molecule has 3 nitrogen and oxygen atoms in total. The highest BCUT2D eigenvalue weighted by Gasteiger charge is 2.16.